The molecular weight excluding hydrogens is 188 g/mol. The van der Waals surface area contributed by atoms with E-state index in [0.29, 0.717) is 10.7 Å². The van der Waals surface area contributed by atoms with E-state index < -0.39 is 5.91 Å². The fourth-order valence-electron chi connectivity index (χ4n) is 1.25. The van der Waals surface area contributed by atoms with E-state index in [1.54, 1.807) is 12.1 Å². The summed E-state index contributed by atoms with van der Waals surface area (Å²) in [5, 5.41) is 1.48. The quantitative estimate of drug-likeness (QED) is 0.716. The molecule has 66 valence electrons. The maximum atomic E-state index is 10.8. The number of aromatic nitrogens is 1. The van der Waals surface area contributed by atoms with Crippen molar-refractivity contribution >= 4 is 28.4 Å². The number of aromatic amines is 1. The van der Waals surface area contributed by atoms with Crippen molar-refractivity contribution in [2.75, 3.05) is 0 Å². The van der Waals surface area contributed by atoms with Crippen LogP contribution in [0.2, 0.25) is 5.02 Å². The molecule has 0 saturated carbocycles. The molecule has 0 aliphatic rings. The van der Waals surface area contributed by atoms with Crippen LogP contribution in [0.15, 0.2) is 24.3 Å². The van der Waals surface area contributed by atoms with Crippen LogP contribution >= 0.6 is 11.6 Å². The summed E-state index contributed by atoms with van der Waals surface area (Å²) < 4.78 is 0. The van der Waals surface area contributed by atoms with Crippen LogP contribution in [0.3, 0.4) is 0 Å². The topological polar surface area (TPSA) is 58.9 Å². The molecule has 0 aliphatic heterocycles. The molecule has 0 aliphatic carbocycles. The van der Waals surface area contributed by atoms with Crippen molar-refractivity contribution in [1.82, 2.24) is 4.98 Å². The Balaban J connectivity index is 2.75. The smallest absolute Gasteiger partial charge is 0.265 e. The van der Waals surface area contributed by atoms with Gasteiger partial charge in [0.25, 0.3) is 5.91 Å². The van der Waals surface area contributed by atoms with Gasteiger partial charge in [0, 0.05) is 5.39 Å². The number of nitrogens with two attached hydrogens (primary N) is 1. The second-order valence-electron chi connectivity index (χ2n) is 2.75. The third-order valence-electron chi connectivity index (χ3n) is 1.87. The number of carbonyl (C=O) groups excluding carboxylic acids is 1. The predicted octanol–water partition coefficient (Wildman–Crippen LogP) is 1.92. The number of hydrogen-bond donors (Lipinski definition) is 2. The lowest BCUT2D eigenvalue weighted by atomic mass is 10.2. The number of hydrogen-bond acceptors (Lipinski definition) is 1. The summed E-state index contributed by atoms with van der Waals surface area (Å²) in [6.07, 6.45) is 0. The van der Waals surface area contributed by atoms with E-state index in [1.165, 1.54) is 0 Å². The maximum Gasteiger partial charge on any atom is 0.265 e. The highest BCUT2D eigenvalue weighted by molar-refractivity contribution is 6.35. The SMILES string of the molecule is NC(=O)c1cc2cccc(Cl)c2[nH]1. The van der Waals surface area contributed by atoms with Crippen molar-refractivity contribution in [1.29, 1.82) is 0 Å². The number of halogens is 1. The summed E-state index contributed by atoms with van der Waals surface area (Å²) in [4.78, 5) is 13.7. The number of amides is 1. The van der Waals surface area contributed by atoms with Crippen LogP contribution in [0.25, 0.3) is 10.9 Å². The molecule has 4 heteroatoms. The van der Waals surface area contributed by atoms with Gasteiger partial charge < -0.3 is 10.7 Å². The molecule has 0 fully saturated rings. The lowest BCUT2D eigenvalue weighted by molar-refractivity contribution is 0.0996. The number of fused-ring (bicyclic) bond motifs is 1. The first-order valence-electron chi connectivity index (χ1n) is 3.75. The molecule has 1 heterocycles. The van der Waals surface area contributed by atoms with Crippen LogP contribution in [0, 0.1) is 0 Å². The standard InChI is InChI=1S/C9H7ClN2O/c10-6-3-1-2-5-4-7(9(11)13)12-8(5)6/h1-4,12H,(H2,11,13). The molecule has 0 bridgehead atoms. The zero-order valence-electron chi connectivity index (χ0n) is 6.67. The summed E-state index contributed by atoms with van der Waals surface area (Å²) in [5.41, 5.74) is 6.24. The molecule has 1 aromatic carbocycles. The number of primary amides is 1. The summed E-state index contributed by atoms with van der Waals surface area (Å²) in [6.45, 7) is 0. The Labute approximate surface area is 79.5 Å². The first kappa shape index (κ1) is 8.13. The minimum atomic E-state index is -0.479. The zero-order chi connectivity index (χ0) is 9.42. The lowest BCUT2D eigenvalue weighted by Gasteiger charge is -1.90. The summed E-state index contributed by atoms with van der Waals surface area (Å²) in [5.74, 6) is -0.479. The highest BCUT2D eigenvalue weighted by Crippen LogP contribution is 2.22. The molecule has 3 N–H and O–H groups in total. The highest BCUT2D eigenvalue weighted by atomic mass is 35.5. The molecule has 0 saturated heterocycles. The Morgan fingerprint density at radius 1 is 1.46 bits per heavy atom. The van der Waals surface area contributed by atoms with E-state index in [0.717, 1.165) is 10.9 Å². The summed E-state index contributed by atoms with van der Waals surface area (Å²) in [7, 11) is 0. The van der Waals surface area contributed by atoms with Crippen molar-refractivity contribution in [2.45, 2.75) is 0 Å². The van der Waals surface area contributed by atoms with Gasteiger partial charge in [-0.1, -0.05) is 23.7 Å². The van der Waals surface area contributed by atoms with Crippen LogP contribution < -0.4 is 5.73 Å². The van der Waals surface area contributed by atoms with Gasteiger partial charge in [-0.3, -0.25) is 4.79 Å². The normalized spacial score (nSPS) is 10.5. The number of H-pyrrole nitrogens is 1. The minimum Gasteiger partial charge on any atom is -0.364 e. The van der Waals surface area contributed by atoms with Gasteiger partial charge in [0.15, 0.2) is 0 Å². The van der Waals surface area contributed by atoms with Gasteiger partial charge in [-0.2, -0.15) is 0 Å². The van der Waals surface area contributed by atoms with E-state index in [1.807, 2.05) is 12.1 Å². The highest BCUT2D eigenvalue weighted by Gasteiger charge is 2.06. The second-order valence-corrected chi connectivity index (χ2v) is 3.16. The number of rotatable bonds is 1. The Kier molecular flexibility index (Phi) is 1.74. The zero-order valence-corrected chi connectivity index (χ0v) is 7.43. The number of nitrogens with one attached hydrogen (secondary N) is 1. The summed E-state index contributed by atoms with van der Waals surface area (Å²) >= 11 is 5.89. The minimum absolute atomic E-state index is 0.378. The molecule has 13 heavy (non-hydrogen) atoms. The van der Waals surface area contributed by atoms with Gasteiger partial charge in [0.1, 0.15) is 5.69 Å². The van der Waals surface area contributed by atoms with Crippen molar-refractivity contribution in [3.8, 4) is 0 Å². The van der Waals surface area contributed by atoms with Gasteiger partial charge in [0.2, 0.25) is 0 Å². The van der Waals surface area contributed by atoms with Gasteiger partial charge in [-0.15, -0.1) is 0 Å². The van der Waals surface area contributed by atoms with Gasteiger partial charge >= 0.3 is 0 Å². The second kappa shape index (κ2) is 2.78. The van der Waals surface area contributed by atoms with E-state index in [-0.39, 0.29) is 0 Å². The average molecular weight is 195 g/mol. The van der Waals surface area contributed by atoms with Crippen molar-refractivity contribution in [3.63, 3.8) is 0 Å². The predicted molar refractivity (Wildman–Crippen MR) is 51.8 cm³/mol. The summed E-state index contributed by atoms with van der Waals surface area (Å²) in [6, 6.07) is 7.13. The van der Waals surface area contributed by atoms with Crippen molar-refractivity contribution in [3.05, 3.63) is 35.0 Å². The Hall–Kier alpha value is -1.48. The van der Waals surface area contributed by atoms with Gasteiger partial charge in [-0.05, 0) is 12.1 Å². The molecular formula is C9H7ClN2O. The van der Waals surface area contributed by atoms with E-state index in [4.69, 9.17) is 17.3 Å². The molecule has 3 nitrogen and oxygen atoms in total. The van der Waals surface area contributed by atoms with E-state index in [9.17, 15) is 4.79 Å². The number of carbonyl (C=O) groups is 1. The Morgan fingerprint density at radius 2 is 2.23 bits per heavy atom. The first-order valence-corrected chi connectivity index (χ1v) is 4.13. The van der Waals surface area contributed by atoms with Crippen LogP contribution in [-0.2, 0) is 0 Å². The van der Waals surface area contributed by atoms with Gasteiger partial charge in [-0.25, -0.2) is 0 Å². The molecule has 0 unspecified atom stereocenters. The largest absolute Gasteiger partial charge is 0.364 e. The molecule has 1 aromatic heterocycles. The average Bonchev–Trinajstić information content (AvgIpc) is 2.49. The van der Waals surface area contributed by atoms with Gasteiger partial charge in [0.05, 0.1) is 10.5 Å². The fraction of sp³-hybridized carbons (Fsp3) is 0. The van der Waals surface area contributed by atoms with Crippen molar-refractivity contribution < 1.29 is 4.79 Å². The molecule has 0 radical (unpaired) electrons. The fourth-order valence-corrected chi connectivity index (χ4v) is 1.48. The molecule has 0 spiro atoms. The van der Waals surface area contributed by atoms with Crippen LogP contribution in [0.5, 0.6) is 0 Å². The Bertz CT molecular complexity index is 475. The molecule has 0 atom stereocenters. The first-order chi connectivity index (χ1) is 6.18. The Morgan fingerprint density at radius 3 is 2.85 bits per heavy atom. The van der Waals surface area contributed by atoms with E-state index in [2.05, 4.69) is 4.98 Å². The third kappa shape index (κ3) is 1.27. The number of para-hydroxylation sites is 1. The van der Waals surface area contributed by atoms with E-state index >= 15 is 0 Å². The monoisotopic (exact) mass is 194 g/mol. The van der Waals surface area contributed by atoms with Crippen LogP contribution in [0.1, 0.15) is 10.5 Å². The maximum absolute atomic E-state index is 10.8. The lowest BCUT2D eigenvalue weighted by Crippen LogP contribution is -2.10. The van der Waals surface area contributed by atoms with Crippen LogP contribution in [-0.4, -0.2) is 10.9 Å². The molecule has 2 rings (SSSR count). The van der Waals surface area contributed by atoms with Crippen molar-refractivity contribution in [2.24, 2.45) is 5.73 Å². The molecule has 1 amide bonds. The number of benzene rings is 1. The third-order valence-corrected chi connectivity index (χ3v) is 2.19. The van der Waals surface area contributed by atoms with Crippen LogP contribution in [0.4, 0.5) is 0 Å². The molecule has 2 aromatic rings.